The first kappa shape index (κ1) is 45.1. The Morgan fingerprint density at radius 1 is 1.11 bits per heavy atom. The summed E-state index contributed by atoms with van der Waals surface area (Å²) in [5.41, 5.74) is 10.8. The van der Waals surface area contributed by atoms with Crippen LogP contribution in [0, 0.1) is 17.3 Å². The molecule has 0 radical (unpaired) electrons. The molecule has 1 aliphatic carbocycles. The third kappa shape index (κ3) is 8.38. The number of fused-ring (bicyclic) bond motifs is 6. The van der Waals surface area contributed by atoms with Crippen molar-refractivity contribution in [1.82, 2.24) is 34.9 Å². The van der Waals surface area contributed by atoms with E-state index in [1.165, 1.54) is 5.01 Å². The number of aryl methyl sites for hydroxylation is 2. The van der Waals surface area contributed by atoms with Crippen molar-refractivity contribution in [3.05, 3.63) is 83.6 Å². The van der Waals surface area contributed by atoms with Crippen molar-refractivity contribution in [3.8, 4) is 11.3 Å². The quantitative estimate of drug-likeness (QED) is 0.143. The molecule has 65 heavy (non-hydrogen) atoms. The lowest BCUT2D eigenvalue weighted by Crippen LogP contribution is -2.63. The molecule has 7 heterocycles. The van der Waals surface area contributed by atoms with Crippen LogP contribution in [0.2, 0.25) is 0 Å². The third-order valence-electron chi connectivity index (χ3n) is 14.0. The maximum Gasteiger partial charge on any atom is 0.324 e. The van der Waals surface area contributed by atoms with Crippen LogP contribution in [0.1, 0.15) is 102 Å². The molecular weight excluding hydrogens is 841 g/mol. The molecule has 1 saturated carbocycles. The highest BCUT2D eigenvalue weighted by Gasteiger charge is 2.55. The van der Waals surface area contributed by atoms with Crippen molar-refractivity contribution in [3.63, 3.8) is 0 Å². The number of nitrogens with zero attached hydrogens (tertiary/aromatic N) is 6. The minimum absolute atomic E-state index is 0.00521. The third-order valence-corrected chi connectivity index (χ3v) is 15.2. The van der Waals surface area contributed by atoms with Gasteiger partial charge < -0.3 is 28.7 Å². The molecule has 14 nitrogen and oxygen atoms in total. The molecule has 4 aromatic heterocycles. The molecule has 1 aromatic carbocycles. The number of nitrogens with one attached hydrogen (secondary N) is 2. The average Bonchev–Trinajstić information content (AvgIpc) is 3.50. The van der Waals surface area contributed by atoms with E-state index in [1.54, 1.807) is 18.9 Å². The van der Waals surface area contributed by atoms with E-state index in [1.807, 2.05) is 50.1 Å². The molecule has 9 rings (SSSR count). The Morgan fingerprint density at radius 3 is 2.69 bits per heavy atom. The number of thioether (sulfide) groups is 1. The lowest BCUT2D eigenvalue weighted by atomic mass is 9.84. The lowest BCUT2D eigenvalue weighted by Gasteiger charge is -2.37. The Kier molecular flexibility index (Phi) is 12.4. The summed E-state index contributed by atoms with van der Waals surface area (Å²) in [7, 11) is 3.69. The number of aromatic nitrogens is 4. The van der Waals surface area contributed by atoms with Gasteiger partial charge in [0.1, 0.15) is 23.2 Å². The molecule has 3 aliphatic heterocycles. The Labute approximate surface area is 385 Å². The van der Waals surface area contributed by atoms with Crippen LogP contribution in [-0.4, -0.2) is 97.2 Å². The van der Waals surface area contributed by atoms with Gasteiger partial charge in [-0.25, -0.2) is 5.43 Å². The summed E-state index contributed by atoms with van der Waals surface area (Å²) < 4.78 is 22.9. The normalized spacial score (nSPS) is 27.3. The van der Waals surface area contributed by atoms with Gasteiger partial charge in [-0.2, -0.15) is 0 Å². The monoisotopic (exact) mass is 902 g/mol. The standard InChI is InChI=1S/C50H62N8O6S/c1-10-57-37-17-16-31-22-33(37)34(44(57)32-14-12-19-51-41(32)28(4)62-9)24-50(6,7)26-64-49(61)35-15-13-20-58(55-35)48(60)43(45(63-11-2)47-54-42(31)29(5)65-47)53-46(59)40-27(3)39(40)36-23-30-18-21-56(8)38(30)25-52-36/h12,14,16-19,21-23,25,27-29,35,39-40,42-43,45,55H,10-11,13,15,20,24,26H2,1-9H3,(H,53,59)/t27-,28+,29?,35+,39-,40+,42?,43+,45+/m1/s1. The van der Waals surface area contributed by atoms with E-state index in [4.69, 9.17) is 29.2 Å². The fraction of sp³-hybridized carbons (Fsp3) is 0.520. The summed E-state index contributed by atoms with van der Waals surface area (Å²) in [4.78, 5) is 58.5. The number of hydrazine groups is 1. The van der Waals surface area contributed by atoms with Crippen LogP contribution in [0.5, 0.6) is 0 Å². The number of pyridine rings is 2. The minimum atomic E-state index is -1.13. The van der Waals surface area contributed by atoms with Gasteiger partial charge in [-0.05, 0) is 93.5 Å². The maximum atomic E-state index is 15.0. The summed E-state index contributed by atoms with van der Waals surface area (Å²) in [6.45, 7) is 16.0. The smallest absolute Gasteiger partial charge is 0.324 e. The first-order valence-electron chi connectivity index (χ1n) is 23.2. The van der Waals surface area contributed by atoms with Crippen molar-refractivity contribution in [2.24, 2.45) is 29.3 Å². The zero-order valence-corrected chi connectivity index (χ0v) is 39.8. The zero-order chi connectivity index (χ0) is 45.9. The molecule has 2 unspecified atom stereocenters. The number of ether oxygens (including phenoxy) is 3. The van der Waals surface area contributed by atoms with Gasteiger partial charge in [-0.3, -0.25) is 34.4 Å². The molecule has 9 atom stereocenters. The van der Waals surface area contributed by atoms with Crippen LogP contribution in [-0.2, 0) is 48.6 Å². The van der Waals surface area contributed by atoms with E-state index >= 15 is 0 Å². The molecule has 6 bridgehead atoms. The SMILES string of the molecule is CCO[C@@H]1C2=NC(c3ccc4c(c3)c(c(-c3cccnc3[C@H](C)OC)n4CC)CC(C)(C)COC(=O)[C@@H]3CCCN(N3)C(=O)[C@H]1NC(=O)[C@H]1[C@H](C)[C@@H]1c1cc3ccn(C)c3cn1)C(C)S2. The molecule has 2 N–H and O–H groups in total. The number of hydrogen-bond acceptors (Lipinski definition) is 11. The Balaban J connectivity index is 1.14. The van der Waals surface area contributed by atoms with Crippen molar-refractivity contribution in [2.75, 3.05) is 26.9 Å². The van der Waals surface area contributed by atoms with Crippen molar-refractivity contribution in [2.45, 2.75) is 116 Å². The zero-order valence-electron chi connectivity index (χ0n) is 39.0. The number of carbonyl (C=O) groups is 3. The number of amides is 2. The van der Waals surface area contributed by atoms with Gasteiger partial charge in [0.15, 0.2) is 0 Å². The van der Waals surface area contributed by atoms with Gasteiger partial charge in [0.05, 0.1) is 41.9 Å². The topological polar surface area (TPSA) is 154 Å². The van der Waals surface area contributed by atoms with Crippen molar-refractivity contribution >= 4 is 56.4 Å². The fourth-order valence-corrected chi connectivity index (χ4v) is 11.6. The largest absolute Gasteiger partial charge is 0.464 e. The van der Waals surface area contributed by atoms with Crippen LogP contribution < -0.4 is 10.7 Å². The molecule has 0 spiro atoms. The highest BCUT2D eigenvalue weighted by molar-refractivity contribution is 8.14. The summed E-state index contributed by atoms with van der Waals surface area (Å²) in [5, 5.41) is 7.48. The molecule has 1 saturated heterocycles. The van der Waals surface area contributed by atoms with Crippen molar-refractivity contribution < 1.29 is 28.6 Å². The molecule has 2 fully saturated rings. The van der Waals surface area contributed by atoms with E-state index in [0.717, 1.165) is 55.6 Å². The minimum Gasteiger partial charge on any atom is -0.464 e. The van der Waals surface area contributed by atoms with Crippen LogP contribution in [0.3, 0.4) is 0 Å². The predicted molar refractivity (Wildman–Crippen MR) is 253 cm³/mol. The summed E-state index contributed by atoms with van der Waals surface area (Å²) in [6, 6.07) is 12.7. The van der Waals surface area contributed by atoms with Gasteiger partial charge in [-0.15, -0.1) is 11.8 Å². The van der Waals surface area contributed by atoms with Gasteiger partial charge in [0.25, 0.3) is 5.91 Å². The number of rotatable bonds is 9. The second-order valence-electron chi connectivity index (χ2n) is 19.0. The number of benzene rings is 1. The Bertz CT molecular complexity index is 2670. The average molecular weight is 903 g/mol. The van der Waals surface area contributed by atoms with Crippen LogP contribution in [0.25, 0.3) is 33.1 Å². The first-order valence-corrected chi connectivity index (χ1v) is 24.1. The van der Waals surface area contributed by atoms with E-state index in [0.29, 0.717) is 37.4 Å². The fourth-order valence-electron chi connectivity index (χ4n) is 10.4. The molecular formula is C50H62N8O6S. The predicted octanol–water partition coefficient (Wildman–Crippen LogP) is 7.45. The van der Waals surface area contributed by atoms with E-state index in [9.17, 15) is 14.4 Å². The van der Waals surface area contributed by atoms with Gasteiger partial charge >= 0.3 is 5.97 Å². The second kappa shape index (κ2) is 17.9. The molecule has 4 aliphatic rings. The first-order chi connectivity index (χ1) is 31.2. The van der Waals surface area contributed by atoms with Gasteiger partial charge in [0.2, 0.25) is 5.91 Å². The van der Waals surface area contributed by atoms with Crippen LogP contribution in [0.15, 0.2) is 66.0 Å². The second-order valence-corrected chi connectivity index (χ2v) is 20.4. The summed E-state index contributed by atoms with van der Waals surface area (Å²) >= 11 is 1.58. The molecule has 344 valence electrons. The Morgan fingerprint density at radius 2 is 1.92 bits per heavy atom. The Hall–Kier alpha value is -5.09. The number of aliphatic imine (C=N–C) groups is 1. The van der Waals surface area contributed by atoms with Gasteiger partial charge in [0, 0.05) is 96.3 Å². The highest BCUT2D eigenvalue weighted by atomic mass is 32.2. The summed E-state index contributed by atoms with van der Waals surface area (Å²) in [6.07, 6.45) is 6.22. The van der Waals surface area contributed by atoms with E-state index in [-0.39, 0.29) is 54.3 Å². The molecule has 15 heteroatoms. The lowest BCUT2D eigenvalue weighted by molar-refractivity contribution is -0.156. The maximum absolute atomic E-state index is 15.0. The van der Waals surface area contributed by atoms with E-state index in [2.05, 4.69) is 86.3 Å². The van der Waals surface area contributed by atoms with Crippen molar-refractivity contribution in [1.29, 1.82) is 0 Å². The van der Waals surface area contributed by atoms with Crippen LogP contribution >= 0.6 is 11.8 Å². The highest BCUT2D eigenvalue weighted by Crippen LogP contribution is 2.54. The number of carbonyl (C=O) groups excluding carboxylic acids is 3. The number of methoxy groups -OCH3 is 1. The van der Waals surface area contributed by atoms with Crippen LogP contribution in [0.4, 0.5) is 0 Å². The molecule has 2 amide bonds. The number of esters is 1. The van der Waals surface area contributed by atoms with E-state index < -0.39 is 35.5 Å². The number of hydrogen-bond donors (Lipinski definition) is 2. The van der Waals surface area contributed by atoms with Gasteiger partial charge in [-0.1, -0.05) is 33.8 Å². The summed E-state index contributed by atoms with van der Waals surface area (Å²) in [5.74, 6) is -1.53. The number of cyclic esters (lactones) is 1. The molecule has 5 aromatic rings.